The van der Waals surface area contributed by atoms with Crippen molar-refractivity contribution in [3.8, 4) is 0 Å². The van der Waals surface area contributed by atoms with Crippen LogP contribution in [0.1, 0.15) is 24.0 Å². The molecule has 3 heteroatoms. The molecule has 0 unspecified atom stereocenters. The number of hydrogen-bond acceptors (Lipinski definition) is 2. The Morgan fingerprint density at radius 3 is 2.16 bits per heavy atom. The monoisotopic (exact) mass is 570 g/mol. The van der Waals surface area contributed by atoms with E-state index in [9.17, 15) is 0 Å². The van der Waals surface area contributed by atoms with Gasteiger partial charge in [-0.1, -0.05) is 91.0 Å². The number of fused-ring (bicyclic) bond motifs is 2. The molecule has 44 heavy (non-hydrogen) atoms. The van der Waals surface area contributed by atoms with Gasteiger partial charge in [0.05, 0.1) is 11.1 Å². The third-order valence-corrected chi connectivity index (χ3v) is 8.60. The van der Waals surface area contributed by atoms with E-state index < -0.39 is 0 Å². The standard InChI is InChI=1S/C41H36N3/c1-42-29-27-31(37-17-9-11-19-39(37)42)21-23-33-25-26-34(24-22-32-28-30-43(2)40-20-12-10-18-38(32)40)41(33)44(35-13-5-3-6-14-35)36-15-7-4-8-16-36/h3-24,27-30H,25-26H2,1-2H3/q+1. The summed E-state index contributed by atoms with van der Waals surface area (Å²) in [6, 6.07) is 40.9. The summed E-state index contributed by atoms with van der Waals surface area (Å²) in [5.41, 5.74) is 12.4. The van der Waals surface area contributed by atoms with Crippen LogP contribution >= 0.6 is 0 Å². The molecule has 5 aromatic rings. The number of nitrogens with zero attached hydrogens (tertiary/aromatic N) is 3. The van der Waals surface area contributed by atoms with Crippen LogP contribution in [-0.4, -0.2) is 7.05 Å². The summed E-state index contributed by atoms with van der Waals surface area (Å²) < 4.78 is 2.18. The number of pyridine rings is 1. The number of aromatic nitrogens is 1. The third kappa shape index (κ3) is 5.29. The minimum Gasteiger partial charge on any atom is -0.351 e. The van der Waals surface area contributed by atoms with Crippen molar-refractivity contribution < 1.29 is 4.57 Å². The van der Waals surface area contributed by atoms with Crippen LogP contribution in [-0.2, 0) is 7.05 Å². The average molecular weight is 571 g/mol. The Morgan fingerprint density at radius 2 is 1.39 bits per heavy atom. The molecule has 0 saturated heterocycles. The first kappa shape index (κ1) is 27.4. The van der Waals surface area contributed by atoms with Crippen molar-refractivity contribution in [1.82, 2.24) is 0 Å². The molecule has 1 aromatic heterocycles. The minimum atomic E-state index is 0.977. The SMILES string of the molecule is CN1C=CC(=CC=C2CCC(C=Cc3cc[n+](C)c4ccccc34)=C2N(c2ccccc2)c2ccccc2)c2ccccc21. The average Bonchev–Trinajstić information content (AvgIpc) is 3.47. The van der Waals surface area contributed by atoms with Crippen LogP contribution in [0.5, 0.6) is 0 Å². The molecular weight excluding hydrogens is 534 g/mol. The minimum absolute atomic E-state index is 0.977. The van der Waals surface area contributed by atoms with E-state index in [0.29, 0.717) is 0 Å². The highest BCUT2D eigenvalue weighted by atomic mass is 15.2. The fraction of sp³-hybridized carbons (Fsp3) is 0.0976. The first-order chi connectivity index (χ1) is 21.7. The number of aryl methyl sites for hydroxylation is 1. The lowest BCUT2D eigenvalue weighted by atomic mass is 9.99. The Balaban J connectivity index is 1.39. The van der Waals surface area contributed by atoms with Crippen molar-refractivity contribution in [2.75, 3.05) is 16.8 Å². The molecule has 0 amide bonds. The van der Waals surface area contributed by atoms with Gasteiger partial charge in [-0.25, -0.2) is 4.57 Å². The van der Waals surface area contributed by atoms with E-state index >= 15 is 0 Å². The maximum absolute atomic E-state index is 2.43. The summed E-state index contributed by atoms with van der Waals surface area (Å²) in [4.78, 5) is 4.61. The molecule has 3 nitrogen and oxygen atoms in total. The summed E-state index contributed by atoms with van der Waals surface area (Å²) in [7, 11) is 4.21. The molecule has 0 radical (unpaired) electrons. The molecule has 2 aliphatic rings. The van der Waals surface area contributed by atoms with E-state index in [4.69, 9.17) is 0 Å². The Labute approximate surface area is 260 Å². The first-order valence-corrected chi connectivity index (χ1v) is 15.3. The van der Waals surface area contributed by atoms with Crippen molar-refractivity contribution in [1.29, 1.82) is 0 Å². The summed E-state index contributed by atoms with van der Waals surface area (Å²) >= 11 is 0. The van der Waals surface area contributed by atoms with Gasteiger partial charge in [0.15, 0.2) is 6.20 Å². The molecule has 214 valence electrons. The fourth-order valence-corrected chi connectivity index (χ4v) is 6.33. The van der Waals surface area contributed by atoms with Gasteiger partial charge in [0.2, 0.25) is 5.52 Å². The van der Waals surface area contributed by atoms with E-state index in [-0.39, 0.29) is 0 Å². The van der Waals surface area contributed by atoms with E-state index in [0.717, 1.165) is 24.2 Å². The third-order valence-electron chi connectivity index (χ3n) is 8.60. The molecule has 0 fully saturated rings. The lowest BCUT2D eigenvalue weighted by Gasteiger charge is -2.28. The Hall–Kier alpha value is -5.41. The van der Waals surface area contributed by atoms with Crippen molar-refractivity contribution >= 4 is 39.6 Å². The topological polar surface area (TPSA) is 10.4 Å². The van der Waals surface area contributed by atoms with Gasteiger partial charge in [-0.3, -0.25) is 0 Å². The second-order valence-electron chi connectivity index (χ2n) is 11.4. The predicted molar refractivity (Wildman–Crippen MR) is 185 cm³/mol. The number of benzene rings is 4. The molecule has 1 aliphatic carbocycles. The predicted octanol–water partition coefficient (Wildman–Crippen LogP) is 9.54. The van der Waals surface area contributed by atoms with E-state index in [2.05, 4.69) is 187 Å². The highest BCUT2D eigenvalue weighted by Crippen LogP contribution is 2.42. The number of anilines is 3. The van der Waals surface area contributed by atoms with Crippen LogP contribution < -0.4 is 14.4 Å². The van der Waals surface area contributed by atoms with Gasteiger partial charge in [0.1, 0.15) is 7.05 Å². The number of hydrogen-bond donors (Lipinski definition) is 0. The molecule has 0 N–H and O–H groups in total. The van der Waals surface area contributed by atoms with Gasteiger partial charge in [0.25, 0.3) is 0 Å². The smallest absolute Gasteiger partial charge is 0.212 e. The number of allylic oxidation sites excluding steroid dienone is 7. The normalized spacial score (nSPS) is 16.5. The largest absolute Gasteiger partial charge is 0.351 e. The lowest BCUT2D eigenvalue weighted by molar-refractivity contribution is -0.644. The van der Waals surface area contributed by atoms with Gasteiger partial charge in [-0.15, -0.1) is 0 Å². The van der Waals surface area contributed by atoms with Crippen molar-refractivity contribution in [3.63, 3.8) is 0 Å². The summed E-state index contributed by atoms with van der Waals surface area (Å²) in [5.74, 6) is 0. The van der Waals surface area contributed by atoms with Crippen molar-refractivity contribution in [2.45, 2.75) is 12.8 Å². The van der Waals surface area contributed by atoms with E-state index in [1.807, 2.05) is 0 Å². The van der Waals surface area contributed by atoms with Crippen LogP contribution in [0.3, 0.4) is 0 Å². The molecule has 4 aromatic carbocycles. The van der Waals surface area contributed by atoms with E-state index in [1.165, 1.54) is 50.1 Å². The first-order valence-electron chi connectivity index (χ1n) is 15.3. The van der Waals surface area contributed by atoms with Gasteiger partial charge >= 0.3 is 0 Å². The highest BCUT2D eigenvalue weighted by molar-refractivity contribution is 5.88. The number of para-hydroxylation sites is 4. The maximum atomic E-state index is 2.43. The van der Waals surface area contributed by atoms with Crippen LogP contribution in [0.25, 0.3) is 22.6 Å². The Bertz CT molecular complexity index is 1940. The molecule has 2 heterocycles. The van der Waals surface area contributed by atoms with E-state index in [1.54, 1.807) is 0 Å². The second kappa shape index (κ2) is 12.1. The second-order valence-corrected chi connectivity index (χ2v) is 11.4. The summed E-state index contributed by atoms with van der Waals surface area (Å²) in [6.07, 6.45) is 17.7. The zero-order chi connectivity index (χ0) is 29.9. The van der Waals surface area contributed by atoms with Crippen LogP contribution in [0, 0.1) is 0 Å². The molecule has 0 atom stereocenters. The maximum Gasteiger partial charge on any atom is 0.212 e. The lowest BCUT2D eigenvalue weighted by Crippen LogP contribution is -2.28. The molecule has 0 saturated carbocycles. The molecule has 7 rings (SSSR count). The molecule has 0 spiro atoms. The molecular formula is C41H36N3+. The van der Waals surface area contributed by atoms with Gasteiger partial charge in [-0.2, -0.15) is 0 Å². The van der Waals surface area contributed by atoms with Crippen molar-refractivity contribution in [3.05, 3.63) is 180 Å². The molecule has 0 bridgehead atoms. The molecule has 1 aliphatic heterocycles. The summed E-state index contributed by atoms with van der Waals surface area (Å²) in [6.45, 7) is 0. The van der Waals surface area contributed by atoms with Crippen molar-refractivity contribution in [2.24, 2.45) is 7.05 Å². The Kier molecular flexibility index (Phi) is 7.52. The van der Waals surface area contributed by atoms with Crippen LogP contribution in [0.2, 0.25) is 0 Å². The fourth-order valence-electron chi connectivity index (χ4n) is 6.33. The van der Waals surface area contributed by atoms with Gasteiger partial charge in [-0.05, 0) is 77.6 Å². The zero-order valence-electron chi connectivity index (χ0n) is 25.3. The Morgan fingerprint density at radius 1 is 0.705 bits per heavy atom. The quantitative estimate of drug-likeness (QED) is 0.188. The summed E-state index contributed by atoms with van der Waals surface area (Å²) in [5, 5.41) is 1.25. The zero-order valence-corrected chi connectivity index (χ0v) is 25.3. The van der Waals surface area contributed by atoms with Gasteiger partial charge < -0.3 is 9.80 Å². The highest BCUT2D eigenvalue weighted by Gasteiger charge is 2.26. The number of rotatable bonds is 6. The van der Waals surface area contributed by atoms with Crippen LogP contribution in [0.4, 0.5) is 17.1 Å². The van der Waals surface area contributed by atoms with Gasteiger partial charge in [0, 0.05) is 48.0 Å². The van der Waals surface area contributed by atoms with Crippen LogP contribution in [0.15, 0.2) is 169 Å².